The first-order valence-corrected chi connectivity index (χ1v) is 7.69. The number of hydrogen-bond donors (Lipinski definition) is 0. The fourth-order valence-corrected chi connectivity index (χ4v) is 3.00. The maximum Gasteiger partial charge on any atom is 0.256 e. The van der Waals surface area contributed by atoms with E-state index in [4.69, 9.17) is 0 Å². The van der Waals surface area contributed by atoms with Gasteiger partial charge >= 0.3 is 0 Å². The summed E-state index contributed by atoms with van der Waals surface area (Å²) in [5.41, 5.74) is 3.95. The lowest BCUT2D eigenvalue weighted by molar-refractivity contribution is 0.0831. The Hall–Kier alpha value is -3.21. The van der Waals surface area contributed by atoms with Gasteiger partial charge in [-0.3, -0.25) is 4.79 Å². The number of benzene rings is 1. The fourth-order valence-electron chi connectivity index (χ4n) is 3.00. The molecule has 4 aromatic rings. The van der Waals surface area contributed by atoms with Gasteiger partial charge in [-0.2, -0.15) is 0 Å². The Morgan fingerprint density at radius 1 is 1.00 bits per heavy atom. The largest absolute Gasteiger partial charge is 0.345 e. The molecular weight excluding hydrogens is 300 g/mol. The van der Waals surface area contributed by atoms with Crippen molar-refractivity contribution in [3.8, 4) is 11.3 Å². The van der Waals surface area contributed by atoms with E-state index in [0.717, 1.165) is 27.8 Å². The Bertz CT molecular complexity index is 1050. The first-order valence-electron chi connectivity index (χ1n) is 7.69. The molecule has 4 rings (SSSR count). The second kappa shape index (κ2) is 5.45. The van der Waals surface area contributed by atoms with Gasteiger partial charge in [-0.15, -0.1) is 0 Å². The van der Waals surface area contributed by atoms with Gasteiger partial charge in [0.2, 0.25) is 0 Å². The molecule has 24 heavy (non-hydrogen) atoms. The molecule has 0 aliphatic heterocycles. The first kappa shape index (κ1) is 14.4. The number of fused-ring (bicyclic) bond motifs is 3. The summed E-state index contributed by atoms with van der Waals surface area (Å²) in [6, 6.07) is 15.7. The van der Waals surface area contributed by atoms with Crippen molar-refractivity contribution in [3.63, 3.8) is 0 Å². The number of carbonyl (C=O) groups is 1. The number of pyridine rings is 1. The highest BCUT2D eigenvalue weighted by Gasteiger charge is 2.23. The van der Waals surface area contributed by atoms with Gasteiger partial charge in [0.25, 0.3) is 5.91 Å². The van der Waals surface area contributed by atoms with Crippen LogP contribution in [-0.4, -0.2) is 39.3 Å². The molecule has 0 radical (unpaired) electrons. The van der Waals surface area contributed by atoms with Crippen molar-refractivity contribution in [1.29, 1.82) is 0 Å². The van der Waals surface area contributed by atoms with E-state index in [2.05, 4.69) is 9.97 Å². The van der Waals surface area contributed by atoms with Gasteiger partial charge < -0.3 is 9.30 Å². The molecule has 1 aromatic carbocycles. The van der Waals surface area contributed by atoms with E-state index < -0.39 is 0 Å². The standard InChI is InChI=1S/C19H16N4O/c1-22(2)19(24)15-14-10-6-7-11-23(14)18-16(15)17(20-12-21-18)13-8-4-3-5-9-13/h3-12H,1-2H3. The predicted octanol–water partition coefficient (Wildman–Crippen LogP) is 3.25. The summed E-state index contributed by atoms with van der Waals surface area (Å²) in [5, 5.41) is 0.786. The van der Waals surface area contributed by atoms with E-state index in [1.165, 1.54) is 0 Å². The second-order valence-electron chi connectivity index (χ2n) is 5.82. The maximum absolute atomic E-state index is 12.9. The Labute approximate surface area is 139 Å². The predicted molar refractivity (Wildman–Crippen MR) is 93.9 cm³/mol. The number of rotatable bonds is 2. The van der Waals surface area contributed by atoms with Gasteiger partial charge in [0, 0.05) is 25.9 Å². The Kier molecular flexibility index (Phi) is 3.27. The summed E-state index contributed by atoms with van der Waals surface area (Å²) in [6.45, 7) is 0. The third-order valence-electron chi connectivity index (χ3n) is 4.09. The van der Waals surface area contributed by atoms with Crippen LogP contribution in [-0.2, 0) is 0 Å². The minimum Gasteiger partial charge on any atom is -0.345 e. The highest BCUT2D eigenvalue weighted by Crippen LogP contribution is 2.33. The van der Waals surface area contributed by atoms with Crippen LogP contribution in [0.1, 0.15) is 10.4 Å². The molecule has 3 aromatic heterocycles. The van der Waals surface area contributed by atoms with E-state index in [1.807, 2.05) is 59.1 Å². The van der Waals surface area contributed by atoms with Gasteiger partial charge in [-0.1, -0.05) is 36.4 Å². The Morgan fingerprint density at radius 2 is 1.75 bits per heavy atom. The van der Waals surface area contributed by atoms with Crippen LogP contribution in [0.2, 0.25) is 0 Å². The van der Waals surface area contributed by atoms with E-state index in [9.17, 15) is 4.79 Å². The number of nitrogens with zero attached hydrogens (tertiary/aromatic N) is 4. The molecule has 118 valence electrons. The normalized spacial score (nSPS) is 11.1. The topological polar surface area (TPSA) is 50.5 Å². The Morgan fingerprint density at radius 3 is 2.50 bits per heavy atom. The molecule has 0 bridgehead atoms. The van der Waals surface area contributed by atoms with Crippen LogP contribution in [0.25, 0.3) is 27.8 Å². The van der Waals surface area contributed by atoms with E-state index in [1.54, 1.807) is 25.3 Å². The SMILES string of the molecule is CN(C)C(=O)c1c2c(-c3ccccc3)ncnc2n2ccccc12. The van der Waals surface area contributed by atoms with Crippen molar-refractivity contribution in [1.82, 2.24) is 19.3 Å². The van der Waals surface area contributed by atoms with Gasteiger partial charge in [-0.25, -0.2) is 9.97 Å². The molecule has 0 spiro atoms. The zero-order valence-electron chi connectivity index (χ0n) is 13.5. The van der Waals surface area contributed by atoms with Crippen molar-refractivity contribution < 1.29 is 4.79 Å². The van der Waals surface area contributed by atoms with Crippen molar-refractivity contribution in [2.75, 3.05) is 14.1 Å². The lowest BCUT2D eigenvalue weighted by atomic mass is 10.0. The summed E-state index contributed by atoms with van der Waals surface area (Å²) in [7, 11) is 3.51. The molecular formula is C19H16N4O. The van der Waals surface area contributed by atoms with Crippen molar-refractivity contribution in [2.24, 2.45) is 0 Å². The zero-order valence-corrected chi connectivity index (χ0v) is 13.5. The number of aromatic nitrogens is 3. The second-order valence-corrected chi connectivity index (χ2v) is 5.82. The number of carbonyl (C=O) groups excluding carboxylic acids is 1. The molecule has 0 fully saturated rings. The molecule has 5 nitrogen and oxygen atoms in total. The molecule has 0 aliphatic rings. The van der Waals surface area contributed by atoms with Crippen LogP contribution in [0.15, 0.2) is 61.1 Å². The minimum atomic E-state index is -0.0549. The smallest absolute Gasteiger partial charge is 0.256 e. The quantitative estimate of drug-likeness (QED) is 0.570. The summed E-state index contributed by atoms with van der Waals surface area (Å²) in [6.07, 6.45) is 3.47. The average Bonchev–Trinajstić information content (AvgIpc) is 2.96. The third-order valence-corrected chi connectivity index (χ3v) is 4.09. The van der Waals surface area contributed by atoms with Gasteiger partial charge in [0.05, 0.1) is 22.2 Å². The van der Waals surface area contributed by atoms with E-state index in [-0.39, 0.29) is 5.91 Å². The van der Waals surface area contributed by atoms with Crippen LogP contribution < -0.4 is 0 Å². The average molecular weight is 316 g/mol. The monoisotopic (exact) mass is 316 g/mol. The minimum absolute atomic E-state index is 0.0549. The first-order chi connectivity index (χ1) is 11.7. The van der Waals surface area contributed by atoms with Crippen LogP contribution in [0, 0.1) is 0 Å². The molecule has 0 unspecified atom stereocenters. The third kappa shape index (κ3) is 2.06. The van der Waals surface area contributed by atoms with Crippen LogP contribution in [0.4, 0.5) is 0 Å². The molecule has 0 atom stereocenters. The van der Waals surface area contributed by atoms with Crippen LogP contribution >= 0.6 is 0 Å². The lowest BCUT2D eigenvalue weighted by Crippen LogP contribution is -2.21. The van der Waals surface area contributed by atoms with E-state index in [0.29, 0.717) is 5.56 Å². The molecule has 5 heteroatoms. The van der Waals surface area contributed by atoms with Crippen LogP contribution in [0.3, 0.4) is 0 Å². The van der Waals surface area contributed by atoms with Gasteiger partial charge in [0.1, 0.15) is 12.0 Å². The lowest BCUT2D eigenvalue weighted by Gasteiger charge is -2.11. The van der Waals surface area contributed by atoms with Crippen LogP contribution in [0.5, 0.6) is 0 Å². The fraction of sp³-hybridized carbons (Fsp3) is 0.105. The van der Waals surface area contributed by atoms with Crippen molar-refractivity contribution in [2.45, 2.75) is 0 Å². The molecule has 0 saturated heterocycles. The molecule has 0 N–H and O–H groups in total. The highest BCUT2D eigenvalue weighted by molar-refractivity contribution is 6.16. The summed E-state index contributed by atoms with van der Waals surface area (Å²) in [4.78, 5) is 23.4. The summed E-state index contributed by atoms with van der Waals surface area (Å²) >= 11 is 0. The zero-order chi connectivity index (χ0) is 16.7. The van der Waals surface area contributed by atoms with Gasteiger partial charge in [0.15, 0.2) is 0 Å². The summed E-state index contributed by atoms with van der Waals surface area (Å²) < 4.78 is 1.94. The molecule has 1 amide bonds. The number of hydrogen-bond acceptors (Lipinski definition) is 3. The summed E-state index contributed by atoms with van der Waals surface area (Å²) in [5.74, 6) is -0.0549. The van der Waals surface area contributed by atoms with Gasteiger partial charge in [-0.05, 0) is 12.1 Å². The molecule has 0 saturated carbocycles. The Balaban J connectivity index is 2.19. The van der Waals surface area contributed by atoms with Crippen molar-refractivity contribution in [3.05, 3.63) is 66.6 Å². The maximum atomic E-state index is 12.9. The highest BCUT2D eigenvalue weighted by atomic mass is 16.2. The molecule has 0 aliphatic carbocycles. The number of amides is 1. The molecule has 3 heterocycles. The van der Waals surface area contributed by atoms with E-state index >= 15 is 0 Å². The van der Waals surface area contributed by atoms with Crippen molar-refractivity contribution >= 4 is 22.5 Å².